The van der Waals surface area contributed by atoms with E-state index in [2.05, 4.69) is 5.32 Å². The Balaban J connectivity index is 1.61. The highest BCUT2D eigenvalue weighted by molar-refractivity contribution is 6.06. The zero-order valence-electron chi connectivity index (χ0n) is 19.1. The Bertz CT molecular complexity index is 1110. The number of rotatable bonds is 7. The molecule has 0 unspecified atom stereocenters. The Morgan fingerprint density at radius 1 is 0.939 bits per heavy atom. The van der Waals surface area contributed by atoms with E-state index in [4.69, 9.17) is 4.74 Å². The molecule has 0 aliphatic carbocycles. The van der Waals surface area contributed by atoms with Crippen LogP contribution in [0.15, 0.2) is 72.8 Å². The lowest BCUT2D eigenvalue weighted by atomic mass is 10.1. The third kappa shape index (κ3) is 4.92. The largest absolute Gasteiger partial charge is 0.497 e. The number of nitrogens with zero attached hydrogens (tertiary/aromatic N) is 3. The first-order valence-electron chi connectivity index (χ1n) is 10.8. The molecule has 1 fully saturated rings. The monoisotopic (exact) mass is 444 g/mol. The van der Waals surface area contributed by atoms with E-state index in [-0.39, 0.29) is 11.9 Å². The quantitative estimate of drug-likeness (QED) is 0.595. The molecule has 0 radical (unpaired) electrons. The molecular weight excluding hydrogens is 416 g/mol. The van der Waals surface area contributed by atoms with Crippen LogP contribution in [0.2, 0.25) is 0 Å². The smallest absolute Gasteiger partial charge is 0.321 e. The fraction of sp³-hybridized carbons (Fsp3) is 0.231. The van der Waals surface area contributed by atoms with Gasteiger partial charge < -0.3 is 19.9 Å². The topological polar surface area (TPSA) is 65.1 Å². The maximum atomic E-state index is 13.6. The van der Waals surface area contributed by atoms with E-state index in [0.29, 0.717) is 25.2 Å². The molecule has 0 saturated carbocycles. The van der Waals surface area contributed by atoms with Gasteiger partial charge in [-0.25, -0.2) is 4.79 Å². The highest BCUT2D eigenvalue weighted by atomic mass is 16.5. The van der Waals surface area contributed by atoms with Crippen molar-refractivity contribution in [3.63, 3.8) is 0 Å². The van der Waals surface area contributed by atoms with Crippen LogP contribution in [0.5, 0.6) is 5.75 Å². The fourth-order valence-corrected chi connectivity index (χ4v) is 3.78. The highest BCUT2D eigenvalue weighted by Gasteiger charge is 2.23. The molecule has 0 bridgehead atoms. The molecule has 170 valence electrons. The average molecular weight is 445 g/mol. The van der Waals surface area contributed by atoms with Crippen LogP contribution in [0.1, 0.15) is 15.9 Å². The predicted octanol–water partition coefficient (Wildman–Crippen LogP) is 4.14. The molecule has 7 nitrogen and oxygen atoms in total. The summed E-state index contributed by atoms with van der Waals surface area (Å²) in [5.74, 6) is 0.615. The van der Waals surface area contributed by atoms with E-state index < -0.39 is 0 Å². The van der Waals surface area contributed by atoms with Gasteiger partial charge in [0.1, 0.15) is 5.75 Å². The molecule has 0 atom stereocenters. The Morgan fingerprint density at radius 3 is 2.12 bits per heavy atom. The van der Waals surface area contributed by atoms with Crippen LogP contribution in [0, 0.1) is 0 Å². The maximum absolute atomic E-state index is 13.6. The second-order valence-corrected chi connectivity index (χ2v) is 8.08. The zero-order chi connectivity index (χ0) is 23.4. The number of ether oxygens (including phenoxy) is 1. The number of amides is 3. The van der Waals surface area contributed by atoms with Gasteiger partial charge in [-0.3, -0.25) is 9.69 Å². The summed E-state index contributed by atoms with van der Waals surface area (Å²) >= 11 is 0. The van der Waals surface area contributed by atoms with Crippen LogP contribution >= 0.6 is 0 Å². The Hall–Kier alpha value is -4.00. The average Bonchev–Trinajstić information content (AvgIpc) is 3.28. The minimum atomic E-state index is -0.116. The number of anilines is 3. The second kappa shape index (κ2) is 9.65. The van der Waals surface area contributed by atoms with Crippen LogP contribution < -0.4 is 24.8 Å². The summed E-state index contributed by atoms with van der Waals surface area (Å²) in [5.41, 5.74) is 4.23. The molecule has 3 aromatic carbocycles. The van der Waals surface area contributed by atoms with Crippen LogP contribution in [0.3, 0.4) is 0 Å². The first-order valence-corrected chi connectivity index (χ1v) is 10.8. The van der Waals surface area contributed by atoms with Crippen molar-refractivity contribution in [1.82, 2.24) is 5.32 Å². The van der Waals surface area contributed by atoms with E-state index in [9.17, 15) is 9.59 Å². The number of benzene rings is 3. The summed E-state index contributed by atoms with van der Waals surface area (Å²) in [6.45, 7) is 1.67. The summed E-state index contributed by atoms with van der Waals surface area (Å²) < 4.78 is 5.27. The van der Waals surface area contributed by atoms with Crippen molar-refractivity contribution in [1.29, 1.82) is 0 Å². The molecule has 0 spiro atoms. The van der Waals surface area contributed by atoms with Gasteiger partial charge in [0.25, 0.3) is 5.91 Å². The lowest BCUT2D eigenvalue weighted by Crippen LogP contribution is -2.31. The molecule has 3 amide bonds. The van der Waals surface area contributed by atoms with Gasteiger partial charge in [-0.1, -0.05) is 12.1 Å². The van der Waals surface area contributed by atoms with E-state index in [1.807, 2.05) is 79.7 Å². The van der Waals surface area contributed by atoms with E-state index in [0.717, 1.165) is 28.4 Å². The van der Waals surface area contributed by atoms with Gasteiger partial charge in [0.2, 0.25) is 0 Å². The molecule has 1 N–H and O–H groups in total. The molecule has 1 aliphatic rings. The Kier molecular flexibility index (Phi) is 6.49. The van der Waals surface area contributed by atoms with Gasteiger partial charge in [-0.05, 0) is 66.2 Å². The number of nitrogens with one attached hydrogen (secondary N) is 1. The number of methoxy groups -OCH3 is 1. The van der Waals surface area contributed by atoms with Crippen molar-refractivity contribution in [2.45, 2.75) is 6.54 Å². The Morgan fingerprint density at radius 2 is 1.58 bits per heavy atom. The first kappa shape index (κ1) is 22.2. The summed E-state index contributed by atoms with van der Waals surface area (Å²) in [5, 5.41) is 2.79. The van der Waals surface area contributed by atoms with Gasteiger partial charge in [-0.2, -0.15) is 0 Å². The van der Waals surface area contributed by atoms with Crippen LogP contribution in [0.25, 0.3) is 0 Å². The van der Waals surface area contributed by atoms with Crippen LogP contribution in [-0.2, 0) is 6.54 Å². The molecule has 3 aromatic rings. The maximum Gasteiger partial charge on any atom is 0.321 e. The van der Waals surface area contributed by atoms with Gasteiger partial charge >= 0.3 is 6.03 Å². The van der Waals surface area contributed by atoms with Crippen LogP contribution in [-0.4, -0.2) is 46.2 Å². The number of hydrogen-bond acceptors (Lipinski definition) is 4. The van der Waals surface area contributed by atoms with Crippen molar-refractivity contribution < 1.29 is 14.3 Å². The highest BCUT2D eigenvalue weighted by Crippen LogP contribution is 2.25. The minimum absolute atomic E-state index is 0.116. The minimum Gasteiger partial charge on any atom is -0.497 e. The van der Waals surface area contributed by atoms with Gasteiger partial charge in [-0.15, -0.1) is 0 Å². The number of hydrogen-bond donors (Lipinski definition) is 1. The normalized spacial score (nSPS) is 12.9. The second-order valence-electron chi connectivity index (χ2n) is 8.08. The number of carbonyl (C=O) groups excluding carboxylic acids is 2. The molecule has 33 heavy (non-hydrogen) atoms. The zero-order valence-corrected chi connectivity index (χ0v) is 19.1. The number of carbonyl (C=O) groups is 2. The lowest BCUT2D eigenvalue weighted by Gasteiger charge is -2.24. The SMILES string of the molecule is COc1ccc(N(Cc2ccc(N(C)C)cc2)C(=O)c2ccc(N3CCNC3=O)cc2)cc1. The third-order valence-corrected chi connectivity index (χ3v) is 5.71. The molecule has 1 heterocycles. The fourth-order valence-electron chi connectivity index (χ4n) is 3.78. The summed E-state index contributed by atoms with van der Waals surface area (Å²) in [6.07, 6.45) is 0. The molecular formula is C26H28N4O3. The van der Waals surface area contributed by atoms with Crippen molar-refractivity contribution in [3.8, 4) is 5.75 Å². The Labute approximate surface area is 194 Å². The van der Waals surface area contributed by atoms with E-state index in [1.165, 1.54) is 0 Å². The van der Waals surface area contributed by atoms with Crippen molar-refractivity contribution in [2.75, 3.05) is 49.0 Å². The molecule has 0 aromatic heterocycles. The molecule has 1 aliphatic heterocycles. The van der Waals surface area contributed by atoms with Gasteiger partial charge in [0.05, 0.1) is 13.7 Å². The summed E-state index contributed by atoms with van der Waals surface area (Å²) in [7, 11) is 5.61. The molecule has 4 rings (SSSR count). The van der Waals surface area contributed by atoms with Crippen molar-refractivity contribution >= 4 is 29.0 Å². The number of urea groups is 1. The molecule has 7 heteroatoms. The summed E-state index contributed by atoms with van der Waals surface area (Å²) in [6, 6.07) is 22.7. The van der Waals surface area contributed by atoms with Crippen molar-refractivity contribution in [2.24, 2.45) is 0 Å². The molecule has 1 saturated heterocycles. The van der Waals surface area contributed by atoms with Crippen LogP contribution in [0.4, 0.5) is 21.9 Å². The first-order chi connectivity index (χ1) is 16.0. The standard InChI is InChI=1S/C26H28N4O3/c1-28(2)21-8-4-19(5-9-21)18-30(23-12-14-24(33-3)15-13-23)25(31)20-6-10-22(11-7-20)29-17-16-27-26(29)32/h4-15H,16-18H2,1-3H3,(H,27,32). The summed E-state index contributed by atoms with van der Waals surface area (Å²) in [4.78, 5) is 31.0. The predicted molar refractivity (Wildman–Crippen MR) is 131 cm³/mol. The van der Waals surface area contributed by atoms with E-state index in [1.54, 1.807) is 29.0 Å². The van der Waals surface area contributed by atoms with Gasteiger partial charge in [0.15, 0.2) is 0 Å². The van der Waals surface area contributed by atoms with Crippen molar-refractivity contribution in [3.05, 3.63) is 83.9 Å². The van der Waals surface area contributed by atoms with Gasteiger partial charge in [0, 0.05) is 49.8 Å². The lowest BCUT2D eigenvalue weighted by molar-refractivity contribution is 0.0985. The van der Waals surface area contributed by atoms with E-state index >= 15 is 0 Å². The third-order valence-electron chi connectivity index (χ3n) is 5.71.